The van der Waals surface area contributed by atoms with Crippen LogP contribution in [0.4, 0.5) is 5.82 Å². The number of hydrogen-bond acceptors (Lipinski definition) is 4. The number of anilines is 1. The van der Waals surface area contributed by atoms with Gasteiger partial charge in [-0.25, -0.2) is 0 Å². The van der Waals surface area contributed by atoms with Crippen molar-refractivity contribution in [2.24, 2.45) is 0 Å². The smallest absolute Gasteiger partial charge is 0.238 e. The van der Waals surface area contributed by atoms with E-state index in [1.165, 1.54) is 0 Å². The number of nitrogens with two attached hydrogens (primary N) is 1. The average Bonchev–Trinajstić information content (AvgIpc) is 2.25. The second-order valence-electron chi connectivity index (χ2n) is 2.85. The number of benzene rings is 1. The molecule has 0 bridgehead atoms. The van der Waals surface area contributed by atoms with Gasteiger partial charge in [-0.1, -0.05) is 11.6 Å². The second kappa shape index (κ2) is 4.14. The van der Waals surface area contributed by atoms with Crippen LogP contribution in [-0.4, -0.2) is 10.2 Å². The minimum atomic E-state index is 0.360. The first-order chi connectivity index (χ1) is 7.24. The first kappa shape index (κ1) is 9.73. The maximum absolute atomic E-state index is 5.74. The van der Waals surface area contributed by atoms with E-state index in [-0.39, 0.29) is 0 Å². The Bertz CT molecular complexity index is 398. The van der Waals surface area contributed by atoms with Crippen molar-refractivity contribution >= 4 is 17.4 Å². The van der Waals surface area contributed by atoms with Gasteiger partial charge in [-0.2, -0.15) is 0 Å². The van der Waals surface area contributed by atoms with E-state index in [1.54, 1.807) is 36.4 Å². The number of nitrogen functional groups attached to an aromatic ring is 1. The van der Waals surface area contributed by atoms with Crippen LogP contribution in [0.25, 0.3) is 0 Å². The Morgan fingerprint density at radius 1 is 1.00 bits per heavy atom. The number of nitrogens with zero attached hydrogens (tertiary/aromatic N) is 2. The lowest BCUT2D eigenvalue weighted by atomic mass is 10.3. The molecule has 0 amide bonds. The molecule has 0 saturated heterocycles. The third kappa shape index (κ3) is 2.57. The summed E-state index contributed by atoms with van der Waals surface area (Å²) in [6.07, 6.45) is 0. The van der Waals surface area contributed by atoms with E-state index in [9.17, 15) is 0 Å². The van der Waals surface area contributed by atoms with E-state index in [1.807, 2.05) is 0 Å². The van der Waals surface area contributed by atoms with Crippen LogP contribution in [0, 0.1) is 0 Å². The SMILES string of the molecule is Nc1ccc(Oc2ccc(Cl)cc2)nn1. The zero-order chi connectivity index (χ0) is 10.7. The van der Waals surface area contributed by atoms with Gasteiger partial charge in [-0.05, 0) is 30.3 Å². The Morgan fingerprint density at radius 3 is 2.33 bits per heavy atom. The quantitative estimate of drug-likeness (QED) is 0.847. The van der Waals surface area contributed by atoms with Gasteiger partial charge in [0, 0.05) is 11.1 Å². The maximum atomic E-state index is 5.74. The van der Waals surface area contributed by atoms with E-state index in [4.69, 9.17) is 22.1 Å². The molecule has 76 valence electrons. The summed E-state index contributed by atoms with van der Waals surface area (Å²) >= 11 is 5.74. The highest BCUT2D eigenvalue weighted by Crippen LogP contribution is 2.20. The predicted molar refractivity (Wildman–Crippen MR) is 58.0 cm³/mol. The van der Waals surface area contributed by atoms with Crippen LogP contribution in [0.2, 0.25) is 5.02 Å². The van der Waals surface area contributed by atoms with Gasteiger partial charge in [-0.3, -0.25) is 0 Å². The zero-order valence-electron chi connectivity index (χ0n) is 7.72. The maximum Gasteiger partial charge on any atom is 0.238 e. The van der Waals surface area contributed by atoms with Crippen molar-refractivity contribution in [2.45, 2.75) is 0 Å². The molecule has 0 fully saturated rings. The fourth-order valence-corrected chi connectivity index (χ4v) is 1.13. The van der Waals surface area contributed by atoms with Crippen LogP contribution >= 0.6 is 11.6 Å². The molecule has 0 aliphatic carbocycles. The van der Waals surface area contributed by atoms with E-state index in [0.29, 0.717) is 22.5 Å². The van der Waals surface area contributed by atoms with E-state index >= 15 is 0 Å². The Hall–Kier alpha value is -1.81. The molecule has 0 atom stereocenters. The number of rotatable bonds is 2. The summed E-state index contributed by atoms with van der Waals surface area (Å²) in [5.41, 5.74) is 5.39. The summed E-state index contributed by atoms with van der Waals surface area (Å²) in [5, 5.41) is 8.09. The molecule has 0 aliphatic heterocycles. The number of ether oxygens (including phenoxy) is 1. The van der Waals surface area contributed by atoms with Crippen molar-refractivity contribution in [1.29, 1.82) is 0 Å². The van der Waals surface area contributed by atoms with Crippen LogP contribution in [0.5, 0.6) is 11.6 Å². The molecule has 0 unspecified atom stereocenters. The molecule has 2 aromatic rings. The van der Waals surface area contributed by atoms with Crippen LogP contribution in [-0.2, 0) is 0 Å². The zero-order valence-corrected chi connectivity index (χ0v) is 8.48. The molecule has 0 aliphatic rings. The standard InChI is InChI=1S/C10H8ClN3O/c11-7-1-3-8(4-2-7)15-10-6-5-9(12)13-14-10/h1-6H,(H2,12,13). The molecule has 0 saturated carbocycles. The molecular weight excluding hydrogens is 214 g/mol. The lowest BCUT2D eigenvalue weighted by Gasteiger charge is -2.03. The van der Waals surface area contributed by atoms with Crippen LogP contribution < -0.4 is 10.5 Å². The third-order valence-electron chi connectivity index (χ3n) is 1.70. The first-order valence-corrected chi connectivity index (χ1v) is 4.64. The van der Waals surface area contributed by atoms with Gasteiger partial charge in [0.15, 0.2) is 0 Å². The number of hydrogen-bond donors (Lipinski definition) is 1. The Labute approximate surface area is 91.7 Å². The van der Waals surface area contributed by atoms with Crippen LogP contribution in [0.3, 0.4) is 0 Å². The van der Waals surface area contributed by atoms with E-state index in [2.05, 4.69) is 10.2 Å². The van der Waals surface area contributed by atoms with Gasteiger partial charge in [-0.15, -0.1) is 10.2 Å². The summed E-state index contributed by atoms with van der Waals surface area (Å²) < 4.78 is 5.40. The minimum Gasteiger partial charge on any atom is -0.438 e. The highest BCUT2D eigenvalue weighted by molar-refractivity contribution is 6.30. The molecule has 1 heterocycles. The first-order valence-electron chi connectivity index (χ1n) is 4.27. The van der Waals surface area contributed by atoms with Gasteiger partial charge in [0.05, 0.1) is 0 Å². The van der Waals surface area contributed by atoms with Gasteiger partial charge in [0.25, 0.3) is 0 Å². The minimum absolute atomic E-state index is 0.360. The van der Waals surface area contributed by atoms with Crippen LogP contribution in [0.15, 0.2) is 36.4 Å². The lowest BCUT2D eigenvalue weighted by molar-refractivity contribution is 0.456. The normalized spacial score (nSPS) is 9.93. The third-order valence-corrected chi connectivity index (χ3v) is 1.95. The van der Waals surface area contributed by atoms with Crippen molar-refractivity contribution in [2.75, 3.05) is 5.73 Å². The molecule has 1 aromatic heterocycles. The van der Waals surface area contributed by atoms with Crippen molar-refractivity contribution in [1.82, 2.24) is 10.2 Å². The Balaban J connectivity index is 2.15. The van der Waals surface area contributed by atoms with Crippen molar-refractivity contribution in [3.8, 4) is 11.6 Å². The Morgan fingerprint density at radius 2 is 1.73 bits per heavy atom. The van der Waals surface area contributed by atoms with Crippen molar-refractivity contribution < 1.29 is 4.74 Å². The number of halogens is 1. The van der Waals surface area contributed by atoms with Crippen LogP contribution in [0.1, 0.15) is 0 Å². The summed E-state index contributed by atoms with van der Waals surface area (Å²) in [4.78, 5) is 0. The largest absolute Gasteiger partial charge is 0.438 e. The Kier molecular flexibility index (Phi) is 2.69. The highest BCUT2D eigenvalue weighted by atomic mass is 35.5. The average molecular weight is 222 g/mol. The lowest BCUT2D eigenvalue weighted by Crippen LogP contribution is -1.94. The molecular formula is C10H8ClN3O. The monoisotopic (exact) mass is 221 g/mol. The summed E-state index contributed by atoms with van der Waals surface area (Å²) in [7, 11) is 0. The topological polar surface area (TPSA) is 61.0 Å². The van der Waals surface area contributed by atoms with Gasteiger partial charge >= 0.3 is 0 Å². The molecule has 0 spiro atoms. The fraction of sp³-hybridized carbons (Fsp3) is 0. The fourth-order valence-electron chi connectivity index (χ4n) is 1.01. The summed E-state index contributed by atoms with van der Waals surface area (Å²) in [6, 6.07) is 10.2. The molecule has 15 heavy (non-hydrogen) atoms. The molecule has 1 aromatic carbocycles. The van der Waals surface area contributed by atoms with Crippen molar-refractivity contribution in [3.05, 3.63) is 41.4 Å². The molecule has 2 N–H and O–H groups in total. The summed E-state index contributed by atoms with van der Waals surface area (Å²) in [5.74, 6) is 1.41. The number of aromatic nitrogens is 2. The van der Waals surface area contributed by atoms with E-state index in [0.717, 1.165) is 0 Å². The molecule has 2 rings (SSSR count). The second-order valence-corrected chi connectivity index (χ2v) is 3.29. The molecule has 4 nitrogen and oxygen atoms in total. The van der Waals surface area contributed by atoms with Gasteiger partial charge < -0.3 is 10.5 Å². The molecule has 0 radical (unpaired) electrons. The predicted octanol–water partition coefficient (Wildman–Crippen LogP) is 2.50. The van der Waals surface area contributed by atoms with Gasteiger partial charge in [0.2, 0.25) is 5.88 Å². The molecule has 5 heteroatoms. The van der Waals surface area contributed by atoms with Crippen molar-refractivity contribution in [3.63, 3.8) is 0 Å². The van der Waals surface area contributed by atoms with E-state index < -0.39 is 0 Å². The summed E-state index contributed by atoms with van der Waals surface area (Å²) in [6.45, 7) is 0. The highest BCUT2D eigenvalue weighted by Gasteiger charge is 1.98. The van der Waals surface area contributed by atoms with Gasteiger partial charge in [0.1, 0.15) is 11.6 Å².